The summed E-state index contributed by atoms with van der Waals surface area (Å²) in [5, 5.41) is 5.37. The molecule has 0 amide bonds. The van der Waals surface area contributed by atoms with E-state index in [2.05, 4.69) is 11.2 Å². The molecule has 0 atom stereocenters. The standard InChI is InChI=1S/C10H11N2O/c1-13-7-6-12-10-5-3-2-4-9(10)8-11-12/h3-5,8H,6-7H2,1H3. The fourth-order valence-electron chi connectivity index (χ4n) is 1.32. The number of aromatic nitrogens is 2. The van der Waals surface area contributed by atoms with Crippen molar-refractivity contribution in [3.8, 4) is 0 Å². The number of rotatable bonds is 3. The molecule has 1 aromatic carbocycles. The molecule has 67 valence electrons. The monoisotopic (exact) mass is 175 g/mol. The molecular formula is C10H11N2O. The lowest BCUT2D eigenvalue weighted by molar-refractivity contribution is 0.185. The van der Waals surface area contributed by atoms with Gasteiger partial charge < -0.3 is 4.74 Å². The van der Waals surface area contributed by atoms with Crippen LogP contribution in [0.1, 0.15) is 0 Å². The third-order valence-corrected chi connectivity index (χ3v) is 1.99. The normalized spacial score (nSPS) is 10.8. The maximum atomic E-state index is 5.00. The molecule has 1 radical (unpaired) electrons. The first-order valence-corrected chi connectivity index (χ1v) is 4.22. The van der Waals surface area contributed by atoms with E-state index in [-0.39, 0.29) is 0 Å². The van der Waals surface area contributed by atoms with Crippen molar-refractivity contribution in [2.75, 3.05) is 13.7 Å². The summed E-state index contributed by atoms with van der Waals surface area (Å²) in [5.74, 6) is 0. The average molecular weight is 175 g/mol. The van der Waals surface area contributed by atoms with Crippen LogP contribution in [0.4, 0.5) is 0 Å². The van der Waals surface area contributed by atoms with Crippen LogP contribution in [0.15, 0.2) is 24.4 Å². The summed E-state index contributed by atoms with van der Waals surface area (Å²) in [4.78, 5) is 0. The van der Waals surface area contributed by atoms with E-state index in [9.17, 15) is 0 Å². The second-order valence-electron chi connectivity index (χ2n) is 2.85. The Balaban J connectivity index is 2.35. The molecule has 0 aliphatic rings. The molecule has 1 heterocycles. The Kier molecular flexibility index (Phi) is 2.27. The number of nitrogens with zero attached hydrogens (tertiary/aromatic N) is 2. The van der Waals surface area contributed by atoms with Crippen molar-refractivity contribution in [2.45, 2.75) is 6.54 Å². The van der Waals surface area contributed by atoms with Gasteiger partial charge in [-0.1, -0.05) is 6.07 Å². The van der Waals surface area contributed by atoms with Gasteiger partial charge in [0.1, 0.15) is 0 Å². The molecule has 0 aliphatic carbocycles. The minimum atomic E-state index is 0.690. The lowest BCUT2D eigenvalue weighted by atomic mass is 10.3. The van der Waals surface area contributed by atoms with Crippen LogP contribution in [0.3, 0.4) is 0 Å². The van der Waals surface area contributed by atoms with E-state index in [0.29, 0.717) is 6.61 Å². The Morgan fingerprint density at radius 2 is 2.54 bits per heavy atom. The molecule has 0 fully saturated rings. The van der Waals surface area contributed by atoms with Crippen molar-refractivity contribution in [3.63, 3.8) is 0 Å². The molecule has 0 saturated heterocycles. The van der Waals surface area contributed by atoms with Crippen LogP contribution >= 0.6 is 0 Å². The van der Waals surface area contributed by atoms with Crippen molar-refractivity contribution < 1.29 is 4.74 Å². The maximum Gasteiger partial charge on any atom is 0.0683 e. The first-order chi connectivity index (χ1) is 6.42. The van der Waals surface area contributed by atoms with Gasteiger partial charge in [-0.2, -0.15) is 5.10 Å². The summed E-state index contributed by atoms with van der Waals surface area (Å²) >= 11 is 0. The molecule has 0 N–H and O–H groups in total. The molecule has 0 bridgehead atoms. The summed E-state index contributed by atoms with van der Waals surface area (Å²) in [6.07, 6.45) is 1.85. The predicted octanol–water partition coefficient (Wildman–Crippen LogP) is 1.48. The summed E-state index contributed by atoms with van der Waals surface area (Å²) in [7, 11) is 1.69. The maximum absolute atomic E-state index is 5.00. The van der Waals surface area contributed by atoms with Crippen LogP contribution < -0.4 is 0 Å². The number of hydrogen-bond donors (Lipinski definition) is 0. The van der Waals surface area contributed by atoms with E-state index in [4.69, 9.17) is 4.74 Å². The fourth-order valence-corrected chi connectivity index (χ4v) is 1.32. The Bertz CT molecular complexity index is 394. The van der Waals surface area contributed by atoms with Crippen LogP contribution in [0.25, 0.3) is 10.9 Å². The molecule has 13 heavy (non-hydrogen) atoms. The average Bonchev–Trinajstić information content (AvgIpc) is 2.58. The fraction of sp³-hybridized carbons (Fsp3) is 0.300. The first kappa shape index (κ1) is 8.26. The highest BCUT2D eigenvalue weighted by molar-refractivity contribution is 5.78. The Hall–Kier alpha value is -1.35. The van der Waals surface area contributed by atoms with Crippen LogP contribution in [0, 0.1) is 6.07 Å². The lowest BCUT2D eigenvalue weighted by Crippen LogP contribution is -2.05. The van der Waals surface area contributed by atoms with Crippen LogP contribution in [-0.4, -0.2) is 23.5 Å². The van der Waals surface area contributed by atoms with Gasteiger partial charge in [-0.25, -0.2) is 0 Å². The predicted molar refractivity (Wildman–Crippen MR) is 50.4 cm³/mol. The minimum absolute atomic E-state index is 0.690. The van der Waals surface area contributed by atoms with Gasteiger partial charge in [0.2, 0.25) is 0 Å². The zero-order valence-corrected chi connectivity index (χ0v) is 7.53. The number of benzene rings is 1. The van der Waals surface area contributed by atoms with Crippen molar-refractivity contribution in [1.29, 1.82) is 0 Å². The van der Waals surface area contributed by atoms with Crippen LogP contribution in [0.5, 0.6) is 0 Å². The van der Waals surface area contributed by atoms with Crippen molar-refractivity contribution >= 4 is 10.9 Å². The zero-order valence-electron chi connectivity index (χ0n) is 7.53. The van der Waals surface area contributed by atoms with E-state index in [1.165, 1.54) is 0 Å². The SMILES string of the molecule is COCCn1ncc2c[c]ccc21. The van der Waals surface area contributed by atoms with Gasteiger partial charge in [0.15, 0.2) is 0 Å². The summed E-state index contributed by atoms with van der Waals surface area (Å²) in [5.41, 5.74) is 1.14. The third-order valence-electron chi connectivity index (χ3n) is 1.99. The van der Waals surface area contributed by atoms with Crippen LogP contribution in [0.2, 0.25) is 0 Å². The van der Waals surface area contributed by atoms with Crippen molar-refractivity contribution in [1.82, 2.24) is 9.78 Å². The second-order valence-corrected chi connectivity index (χ2v) is 2.85. The Morgan fingerprint density at radius 1 is 1.62 bits per heavy atom. The largest absolute Gasteiger partial charge is 0.383 e. The summed E-state index contributed by atoms with van der Waals surface area (Å²) in [6.45, 7) is 1.49. The topological polar surface area (TPSA) is 27.1 Å². The van der Waals surface area contributed by atoms with Gasteiger partial charge in [0.05, 0.1) is 24.9 Å². The van der Waals surface area contributed by atoms with E-state index in [0.717, 1.165) is 17.4 Å². The molecule has 0 unspecified atom stereocenters. The van der Waals surface area contributed by atoms with Gasteiger partial charge in [-0.05, 0) is 18.2 Å². The number of methoxy groups -OCH3 is 1. The minimum Gasteiger partial charge on any atom is -0.383 e. The van der Waals surface area contributed by atoms with Gasteiger partial charge >= 0.3 is 0 Å². The summed E-state index contributed by atoms with van der Waals surface area (Å²) in [6, 6.07) is 8.86. The number of hydrogen-bond acceptors (Lipinski definition) is 2. The first-order valence-electron chi connectivity index (χ1n) is 4.22. The molecule has 3 heteroatoms. The van der Waals surface area contributed by atoms with Crippen LogP contribution in [-0.2, 0) is 11.3 Å². The molecule has 0 spiro atoms. The third kappa shape index (κ3) is 1.55. The van der Waals surface area contributed by atoms with Gasteiger partial charge in [-0.15, -0.1) is 0 Å². The smallest absolute Gasteiger partial charge is 0.0683 e. The lowest BCUT2D eigenvalue weighted by Gasteiger charge is -2.01. The molecule has 2 aromatic rings. The zero-order chi connectivity index (χ0) is 9.10. The van der Waals surface area contributed by atoms with Crippen molar-refractivity contribution in [2.24, 2.45) is 0 Å². The Morgan fingerprint density at radius 3 is 3.38 bits per heavy atom. The van der Waals surface area contributed by atoms with E-state index < -0.39 is 0 Å². The van der Waals surface area contributed by atoms with Gasteiger partial charge in [0, 0.05) is 12.5 Å². The quantitative estimate of drug-likeness (QED) is 0.706. The molecule has 0 saturated carbocycles. The van der Waals surface area contributed by atoms with E-state index >= 15 is 0 Å². The molecule has 2 rings (SSSR count). The van der Waals surface area contributed by atoms with E-state index in [1.807, 2.05) is 29.1 Å². The van der Waals surface area contributed by atoms with Gasteiger partial charge in [-0.3, -0.25) is 4.68 Å². The highest BCUT2D eigenvalue weighted by Gasteiger charge is 1.99. The number of ether oxygens (including phenoxy) is 1. The number of fused-ring (bicyclic) bond motifs is 1. The van der Waals surface area contributed by atoms with Crippen molar-refractivity contribution in [3.05, 3.63) is 30.5 Å². The Labute approximate surface area is 76.9 Å². The highest BCUT2D eigenvalue weighted by atomic mass is 16.5. The highest BCUT2D eigenvalue weighted by Crippen LogP contribution is 2.11. The van der Waals surface area contributed by atoms with E-state index in [1.54, 1.807) is 7.11 Å². The van der Waals surface area contributed by atoms with Gasteiger partial charge in [0.25, 0.3) is 0 Å². The second kappa shape index (κ2) is 3.58. The molecule has 0 aliphatic heterocycles. The molecular weight excluding hydrogens is 164 g/mol. The molecule has 1 aromatic heterocycles. The summed E-state index contributed by atoms with van der Waals surface area (Å²) < 4.78 is 6.93. The molecule has 3 nitrogen and oxygen atoms in total.